The molecule has 0 aliphatic rings. The first-order chi connectivity index (χ1) is 15.8. The molecule has 10 nitrogen and oxygen atoms in total. The Hall–Kier alpha value is -2.69. The van der Waals surface area contributed by atoms with E-state index in [-0.39, 0.29) is 5.01 Å². The number of amides is 1. The third-order valence-electron chi connectivity index (χ3n) is 4.48. The number of fused-ring (bicyclic) bond motifs is 1. The van der Waals surface area contributed by atoms with Gasteiger partial charge in [0.1, 0.15) is 11.3 Å². The topological polar surface area (TPSA) is 162 Å². The number of hydrogen-bond acceptors (Lipinski definition) is 9. The van der Waals surface area contributed by atoms with Crippen molar-refractivity contribution in [2.45, 2.75) is 17.8 Å². The summed E-state index contributed by atoms with van der Waals surface area (Å²) in [6.45, 7) is -0.522. The van der Waals surface area contributed by atoms with E-state index in [2.05, 4.69) is 20.3 Å². The van der Waals surface area contributed by atoms with Crippen molar-refractivity contribution >= 4 is 47.3 Å². The molecule has 3 N–H and O–H groups in total. The Morgan fingerprint density at radius 3 is 2.38 bits per heavy atom. The number of nitrogens with two attached hydrogens (primary N) is 1. The number of aromatic nitrogens is 3. The lowest BCUT2D eigenvalue weighted by Crippen LogP contribution is -2.38. The van der Waals surface area contributed by atoms with Gasteiger partial charge in [0.05, 0.1) is 28.1 Å². The molecule has 0 radical (unpaired) electrons. The minimum atomic E-state index is -4.76. The van der Waals surface area contributed by atoms with E-state index in [0.29, 0.717) is 21.3 Å². The molecule has 2 aromatic heterocycles. The van der Waals surface area contributed by atoms with E-state index in [9.17, 15) is 34.8 Å². The van der Waals surface area contributed by atoms with Gasteiger partial charge in [-0.3, -0.25) is 4.79 Å². The standard InChI is InChI=1S/C18H18F3N5O5S3/c19-18(20,21)3-5-33(28,29)15(16(27)25-4-6-34(22,30)31)17-26-13-2-1-11(7-14(13)32-17)12-8-23-10-24-9-12/h1-2,7-10,15H,3-6H2,(H,25,27)(H2,22,30,31). The zero-order chi connectivity index (χ0) is 25.1. The maximum Gasteiger partial charge on any atom is 0.390 e. The van der Waals surface area contributed by atoms with Gasteiger partial charge in [-0.2, -0.15) is 13.2 Å². The molecule has 0 saturated carbocycles. The molecule has 1 unspecified atom stereocenters. The van der Waals surface area contributed by atoms with Gasteiger partial charge in [0.25, 0.3) is 0 Å². The van der Waals surface area contributed by atoms with E-state index in [1.54, 1.807) is 30.6 Å². The molecule has 0 fully saturated rings. The molecule has 3 aromatic rings. The maximum absolute atomic E-state index is 12.8. The summed E-state index contributed by atoms with van der Waals surface area (Å²) in [6.07, 6.45) is -1.96. The third kappa shape index (κ3) is 6.91. The first-order valence-corrected chi connectivity index (χ1v) is 13.7. The normalized spacial score (nSPS) is 13.6. The first kappa shape index (κ1) is 25.9. The number of carbonyl (C=O) groups is 1. The summed E-state index contributed by atoms with van der Waals surface area (Å²) < 4.78 is 86.3. The number of carbonyl (C=O) groups excluding carboxylic acids is 1. The first-order valence-electron chi connectivity index (χ1n) is 9.47. The van der Waals surface area contributed by atoms with Crippen molar-refractivity contribution in [2.24, 2.45) is 5.14 Å². The lowest BCUT2D eigenvalue weighted by molar-refractivity contribution is -0.130. The fraction of sp³-hybridized carbons (Fsp3) is 0.333. The molecule has 0 saturated heterocycles. The van der Waals surface area contributed by atoms with Gasteiger partial charge in [-0.05, 0) is 17.7 Å². The van der Waals surface area contributed by atoms with Gasteiger partial charge in [0, 0.05) is 24.5 Å². The van der Waals surface area contributed by atoms with Gasteiger partial charge in [0.15, 0.2) is 15.1 Å². The van der Waals surface area contributed by atoms with Gasteiger partial charge in [-0.25, -0.2) is 36.9 Å². The Bertz CT molecular complexity index is 1390. The van der Waals surface area contributed by atoms with Crippen LogP contribution in [0.4, 0.5) is 13.2 Å². The second-order valence-electron chi connectivity index (χ2n) is 7.13. The van der Waals surface area contributed by atoms with Gasteiger partial charge >= 0.3 is 6.18 Å². The van der Waals surface area contributed by atoms with Crippen LogP contribution in [0.1, 0.15) is 16.7 Å². The number of primary sulfonamides is 1. The highest BCUT2D eigenvalue weighted by Crippen LogP contribution is 2.35. The zero-order valence-electron chi connectivity index (χ0n) is 17.2. The van der Waals surface area contributed by atoms with Crippen LogP contribution in [0.5, 0.6) is 0 Å². The van der Waals surface area contributed by atoms with Crippen molar-refractivity contribution in [3.8, 4) is 11.1 Å². The van der Waals surface area contributed by atoms with E-state index in [0.717, 1.165) is 11.3 Å². The summed E-state index contributed by atoms with van der Waals surface area (Å²) in [5.74, 6) is -3.22. The van der Waals surface area contributed by atoms with Crippen LogP contribution < -0.4 is 10.5 Å². The fourth-order valence-electron chi connectivity index (χ4n) is 2.90. The Balaban J connectivity index is 1.98. The number of nitrogens with zero attached hydrogens (tertiary/aromatic N) is 3. The van der Waals surface area contributed by atoms with E-state index in [1.165, 1.54) is 6.33 Å². The zero-order valence-corrected chi connectivity index (χ0v) is 19.6. The molecule has 184 valence electrons. The molecule has 0 aliphatic carbocycles. The lowest BCUT2D eigenvalue weighted by Gasteiger charge is -2.16. The van der Waals surface area contributed by atoms with E-state index in [1.807, 2.05) is 0 Å². The molecule has 1 amide bonds. The highest BCUT2D eigenvalue weighted by molar-refractivity contribution is 7.92. The molecule has 1 aromatic carbocycles. The smallest absolute Gasteiger partial charge is 0.354 e. The van der Waals surface area contributed by atoms with Gasteiger partial charge < -0.3 is 5.32 Å². The number of sulfonamides is 1. The summed E-state index contributed by atoms with van der Waals surface area (Å²) in [5, 5.41) is 4.67. The minimum Gasteiger partial charge on any atom is -0.354 e. The van der Waals surface area contributed by atoms with Crippen LogP contribution in [0.25, 0.3) is 21.3 Å². The molecule has 0 aliphatic heterocycles. The van der Waals surface area contributed by atoms with E-state index in [4.69, 9.17) is 5.14 Å². The van der Waals surface area contributed by atoms with Crippen LogP contribution in [0, 0.1) is 0 Å². The summed E-state index contributed by atoms with van der Waals surface area (Å²) in [7, 11) is -8.63. The number of thiazole rings is 1. The molecular formula is C18H18F3N5O5S3. The fourth-order valence-corrected chi connectivity index (χ4v) is 6.38. The van der Waals surface area contributed by atoms with Gasteiger partial charge in [0.2, 0.25) is 15.9 Å². The number of alkyl halides is 3. The average Bonchev–Trinajstić information content (AvgIpc) is 3.14. The maximum atomic E-state index is 12.8. The van der Waals surface area contributed by atoms with Crippen LogP contribution in [0.3, 0.4) is 0 Å². The Morgan fingerprint density at radius 1 is 1.09 bits per heavy atom. The van der Waals surface area contributed by atoms with Crippen LogP contribution >= 0.6 is 11.3 Å². The number of nitrogens with one attached hydrogen (secondary N) is 1. The third-order valence-corrected chi connectivity index (χ3v) is 8.41. The van der Waals surface area contributed by atoms with Crippen molar-refractivity contribution in [3.05, 3.63) is 41.9 Å². The molecule has 0 bridgehead atoms. The molecule has 34 heavy (non-hydrogen) atoms. The monoisotopic (exact) mass is 537 g/mol. The summed E-state index contributed by atoms with van der Waals surface area (Å²) in [6, 6.07) is 4.90. The summed E-state index contributed by atoms with van der Waals surface area (Å²) in [5.41, 5.74) is 1.67. The number of hydrogen-bond donors (Lipinski definition) is 2. The van der Waals surface area contributed by atoms with Crippen LogP contribution in [-0.4, -0.2) is 61.9 Å². The molecule has 16 heteroatoms. The quantitative estimate of drug-likeness (QED) is 0.416. The van der Waals surface area contributed by atoms with Crippen molar-refractivity contribution in [2.75, 3.05) is 18.1 Å². The summed E-state index contributed by atoms with van der Waals surface area (Å²) in [4.78, 5) is 24.7. The van der Waals surface area contributed by atoms with Crippen LogP contribution in [-0.2, 0) is 24.7 Å². The Labute approximate surface area is 196 Å². The van der Waals surface area contributed by atoms with Crippen molar-refractivity contribution < 1.29 is 34.8 Å². The molecule has 1 atom stereocenters. The highest BCUT2D eigenvalue weighted by atomic mass is 32.2. The highest BCUT2D eigenvalue weighted by Gasteiger charge is 2.40. The predicted octanol–water partition coefficient (Wildman–Crippen LogP) is 1.57. The van der Waals surface area contributed by atoms with Gasteiger partial charge in [-0.1, -0.05) is 6.07 Å². The number of benzene rings is 1. The van der Waals surface area contributed by atoms with Crippen LogP contribution in [0.15, 0.2) is 36.9 Å². The van der Waals surface area contributed by atoms with Crippen molar-refractivity contribution in [3.63, 3.8) is 0 Å². The Morgan fingerprint density at radius 2 is 1.76 bits per heavy atom. The van der Waals surface area contributed by atoms with E-state index >= 15 is 0 Å². The van der Waals surface area contributed by atoms with Crippen molar-refractivity contribution in [1.82, 2.24) is 20.3 Å². The lowest BCUT2D eigenvalue weighted by atomic mass is 10.1. The minimum absolute atomic E-state index is 0.244. The largest absolute Gasteiger partial charge is 0.390 e. The molecule has 3 rings (SSSR count). The van der Waals surface area contributed by atoms with Gasteiger partial charge in [-0.15, -0.1) is 11.3 Å². The number of sulfone groups is 1. The second kappa shape index (κ2) is 9.89. The van der Waals surface area contributed by atoms with Crippen molar-refractivity contribution in [1.29, 1.82) is 0 Å². The van der Waals surface area contributed by atoms with Crippen LogP contribution in [0.2, 0.25) is 0 Å². The van der Waals surface area contributed by atoms with E-state index < -0.39 is 61.7 Å². The molecule has 0 spiro atoms. The average molecular weight is 538 g/mol. The summed E-state index contributed by atoms with van der Waals surface area (Å²) >= 11 is 0.826. The molecule has 2 heterocycles. The molecular weight excluding hydrogens is 519 g/mol. The second-order valence-corrected chi connectivity index (χ2v) is 12.1. The SMILES string of the molecule is NS(=O)(=O)CCNC(=O)C(c1nc2ccc(-c3cncnc3)cc2s1)S(=O)(=O)CCC(F)(F)F. The number of rotatable bonds is 9. The Kier molecular flexibility index (Phi) is 7.54. The predicted molar refractivity (Wildman–Crippen MR) is 119 cm³/mol. The number of halogens is 3.